The molecule has 0 saturated carbocycles. The van der Waals surface area contributed by atoms with Crippen molar-refractivity contribution in [2.75, 3.05) is 10.6 Å². The Hall–Kier alpha value is -3.82. The molecule has 0 unspecified atom stereocenters. The highest BCUT2D eigenvalue weighted by Gasteiger charge is 2.21. The van der Waals surface area contributed by atoms with Gasteiger partial charge < -0.3 is 21.7 Å². The van der Waals surface area contributed by atoms with E-state index in [1.54, 1.807) is 18.2 Å². The van der Waals surface area contributed by atoms with Crippen LogP contribution in [-0.4, -0.2) is 27.9 Å². The molecular formula is C21H22F2N6O2. The standard InChI is InChI=1S/C21H22F2N6O2/c1-11(2)18(19(24)30)29-20-15-5-3-4-6-16(15)27-17(28-20)10-25-21(31)26-14-8-12(22)7-13(23)9-14/h3-9,11,18H,10H2,1-2H3,(H2,24,30)(H2,25,26,31)(H,27,28,29)/t18-/m0/s1. The number of para-hydroxylation sites is 1. The van der Waals surface area contributed by atoms with Gasteiger partial charge in [-0.15, -0.1) is 0 Å². The van der Waals surface area contributed by atoms with Crippen LogP contribution < -0.4 is 21.7 Å². The summed E-state index contributed by atoms with van der Waals surface area (Å²) in [6.07, 6.45) is 0. The van der Waals surface area contributed by atoms with Crippen molar-refractivity contribution in [3.8, 4) is 0 Å². The van der Waals surface area contributed by atoms with Gasteiger partial charge in [0.05, 0.1) is 12.1 Å². The van der Waals surface area contributed by atoms with Crippen molar-refractivity contribution in [1.29, 1.82) is 0 Å². The molecule has 0 radical (unpaired) electrons. The molecule has 10 heteroatoms. The number of amides is 3. The van der Waals surface area contributed by atoms with E-state index in [-0.39, 0.29) is 24.0 Å². The zero-order valence-electron chi connectivity index (χ0n) is 16.9. The molecule has 2 aromatic carbocycles. The third kappa shape index (κ3) is 5.62. The maximum atomic E-state index is 13.3. The first-order valence-electron chi connectivity index (χ1n) is 9.55. The van der Waals surface area contributed by atoms with Crippen molar-refractivity contribution >= 4 is 34.3 Å². The summed E-state index contributed by atoms with van der Waals surface area (Å²) in [5, 5.41) is 8.64. The quantitative estimate of drug-likeness (QED) is 0.461. The summed E-state index contributed by atoms with van der Waals surface area (Å²) in [6.45, 7) is 3.65. The molecule has 1 aromatic heterocycles. The summed E-state index contributed by atoms with van der Waals surface area (Å²) in [7, 11) is 0. The second kappa shape index (κ2) is 9.33. The maximum Gasteiger partial charge on any atom is 0.319 e. The van der Waals surface area contributed by atoms with Crippen LogP contribution in [0.3, 0.4) is 0 Å². The molecular weight excluding hydrogens is 406 g/mol. The van der Waals surface area contributed by atoms with Crippen molar-refractivity contribution in [2.24, 2.45) is 11.7 Å². The Morgan fingerprint density at radius 1 is 1.06 bits per heavy atom. The van der Waals surface area contributed by atoms with Crippen LogP contribution in [0.1, 0.15) is 19.7 Å². The van der Waals surface area contributed by atoms with Gasteiger partial charge in [0.1, 0.15) is 23.5 Å². The summed E-state index contributed by atoms with van der Waals surface area (Å²) >= 11 is 0. The number of hydrogen-bond donors (Lipinski definition) is 4. The van der Waals surface area contributed by atoms with Crippen molar-refractivity contribution in [3.05, 3.63) is 59.9 Å². The molecule has 0 bridgehead atoms. The largest absolute Gasteiger partial charge is 0.368 e. The minimum absolute atomic E-state index is 0.0296. The van der Waals surface area contributed by atoms with Gasteiger partial charge in [-0.05, 0) is 30.2 Å². The Balaban J connectivity index is 1.79. The average Bonchev–Trinajstić information content (AvgIpc) is 2.69. The Morgan fingerprint density at radius 3 is 2.39 bits per heavy atom. The zero-order valence-corrected chi connectivity index (χ0v) is 16.9. The van der Waals surface area contributed by atoms with E-state index in [9.17, 15) is 18.4 Å². The van der Waals surface area contributed by atoms with Crippen molar-refractivity contribution in [1.82, 2.24) is 15.3 Å². The van der Waals surface area contributed by atoms with Gasteiger partial charge in [0, 0.05) is 17.1 Å². The number of urea groups is 1. The van der Waals surface area contributed by atoms with E-state index in [0.29, 0.717) is 22.8 Å². The topological polar surface area (TPSA) is 122 Å². The lowest BCUT2D eigenvalue weighted by Crippen LogP contribution is -2.40. The number of aromatic nitrogens is 2. The first kappa shape index (κ1) is 21.9. The third-order valence-corrected chi connectivity index (χ3v) is 4.44. The first-order chi connectivity index (χ1) is 14.7. The summed E-state index contributed by atoms with van der Waals surface area (Å²) in [6, 6.07) is 8.55. The molecule has 1 atom stereocenters. The molecule has 3 aromatic rings. The van der Waals surface area contributed by atoms with Gasteiger partial charge >= 0.3 is 6.03 Å². The van der Waals surface area contributed by atoms with E-state index < -0.39 is 29.6 Å². The lowest BCUT2D eigenvalue weighted by Gasteiger charge is -2.21. The van der Waals surface area contributed by atoms with Gasteiger partial charge in [-0.1, -0.05) is 26.0 Å². The second-order valence-electron chi connectivity index (χ2n) is 7.24. The summed E-state index contributed by atoms with van der Waals surface area (Å²) < 4.78 is 26.5. The summed E-state index contributed by atoms with van der Waals surface area (Å²) in [5.74, 6) is -1.53. The van der Waals surface area contributed by atoms with E-state index in [1.807, 2.05) is 19.9 Å². The number of nitrogens with zero attached hydrogens (tertiary/aromatic N) is 2. The smallest absolute Gasteiger partial charge is 0.319 e. The monoisotopic (exact) mass is 428 g/mol. The predicted octanol–water partition coefficient (Wildman–Crippen LogP) is 3.15. The van der Waals surface area contributed by atoms with Crippen LogP contribution in [0.15, 0.2) is 42.5 Å². The van der Waals surface area contributed by atoms with Gasteiger partial charge in [-0.3, -0.25) is 4.79 Å². The fourth-order valence-electron chi connectivity index (χ4n) is 2.99. The molecule has 0 saturated heterocycles. The Labute approximate surface area is 177 Å². The van der Waals surface area contributed by atoms with Gasteiger partial charge in [0.15, 0.2) is 5.82 Å². The summed E-state index contributed by atoms with van der Waals surface area (Å²) in [4.78, 5) is 32.7. The Bertz CT molecular complexity index is 1100. The van der Waals surface area contributed by atoms with Crippen molar-refractivity contribution in [2.45, 2.75) is 26.4 Å². The number of anilines is 2. The number of carbonyl (C=O) groups excluding carboxylic acids is 2. The minimum Gasteiger partial charge on any atom is -0.368 e. The molecule has 0 aliphatic rings. The normalized spacial score (nSPS) is 11.9. The first-order valence-corrected chi connectivity index (χ1v) is 9.55. The highest BCUT2D eigenvalue weighted by molar-refractivity contribution is 5.92. The van der Waals surface area contributed by atoms with Crippen LogP contribution in [-0.2, 0) is 11.3 Å². The van der Waals surface area contributed by atoms with E-state index in [4.69, 9.17) is 5.73 Å². The van der Waals surface area contributed by atoms with Gasteiger partial charge in [0.2, 0.25) is 5.91 Å². The molecule has 0 aliphatic heterocycles. The number of primary amides is 1. The molecule has 8 nitrogen and oxygen atoms in total. The van der Waals surface area contributed by atoms with Crippen LogP contribution in [0.5, 0.6) is 0 Å². The van der Waals surface area contributed by atoms with Crippen LogP contribution in [0.2, 0.25) is 0 Å². The zero-order chi connectivity index (χ0) is 22.5. The van der Waals surface area contributed by atoms with Crippen LogP contribution in [0, 0.1) is 17.6 Å². The average molecular weight is 428 g/mol. The maximum absolute atomic E-state index is 13.3. The fourth-order valence-corrected chi connectivity index (χ4v) is 2.99. The molecule has 3 amide bonds. The predicted molar refractivity (Wildman–Crippen MR) is 113 cm³/mol. The SMILES string of the molecule is CC(C)[C@H](Nc1nc(CNC(=O)Nc2cc(F)cc(F)c2)nc2ccccc12)C(N)=O. The molecule has 3 rings (SSSR count). The van der Waals surface area contributed by atoms with E-state index >= 15 is 0 Å². The number of halogens is 2. The molecule has 162 valence electrons. The number of benzene rings is 2. The van der Waals surface area contributed by atoms with Crippen molar-refractivity contribution < 1.29 is 18.4 Å². The molecule has 0 fully saturated rings. The number of nitrogens with two attached hydrogens (primary N) is 1. The van der Waals surface area contributed by atoms with Crippen LogP contribution in [0.4, 0.5) is 25.1 Å². The van der Waals surface area contributed by atoms with E-state index in [0.717, 1.165) is 12.1 Å². The van der Waals surface area contributed by atoms with Crippen LogP contribution in [0.25, 0.3) is 10.9 Å². The van der Waals surface area contributed by atoms with Crippen LogP contribution >= 0.6 is 0 Å². The molecule has 0 aliphatic carbocycles. The van der Waals surface area contributed by atoms with Gasteiger partial charge in [-0.2, -0.15) is 0 Å². The van der Waals surface area contributed by atoms with E-state index in [2.05, 4.69) is 25.9 Å². The molecule has 0 spiro atoms. The Kier molecular flexibility index (Phi) is 6.58. The van der Waals surface area contributed by atoms with Crippen molar-refractivity contribution in [3.63, 3.8) is 0 Å². The number of carbonyl (C=O) groups is 2. The second-order valence-corrected chi connectivity index (χ2v) is 7.24. The summed E-state index contributed by atoms with van der Waals surface area (Å²) in [5.41, 5.74) is 6.08. The number of fused-ring (bicyclic) bond motifs is 1. The van der Waals surface area contributed by atoms with Gasteiger partial charge in [0.25, 0.3) is 0 Å². The number of rotatable bonds is 7. The molecule has 5 N–H and O–H groups in total. The molecule has 31 heavy (non-hydrogen) atoms. The highest BCUT2D eigenvalue weighted by atomic mass is 19.1. The Morgan fingerprint density at radius 2 is 1.74 bits per heavy atom. The van der Waals surface area contributed by atoms with Gasteiger partial charge in [-0.25, -0.2) is 23.5 Å². The highest BCUT2D eigenvalue weighted by Crippen LogP contribution is 2.22. The number of nitrogens with one attached hydrogen (secondary N) is 3. The third-order valence-electron chi connectivity index (χ3n) is 4.44. The number of hydrogen-bond acceptors (Lipinski definition) is 5. The lowest BCUT2D eigenvalue weighted by molar-refractivity contribution is -0.119. The minimum atomic E-state index is -0.807. The lowest BCUT2D eigenvalue weighted by atomic mass is 10.0. The van der Waals surface area contributed by atoms with E-state index in [1.165, 1.54) is 0 Å². The molecule has 1 heterocycles. The fraction of sp³-hybridized carbons (Fsp3) is 0.238.